The minimum atomic E-state index is -0.443. The van der Waals surface area contributed by atoms with Gasteiger partial charge < -0.3 is 4.57 Å². The molecule has 6 nitrogen and oxygen atoms in total. The second kappa shape index (κ2) is 8.17. The number of fused-ring (bicyclic) bond motifs is 1. The Hall–Kier alpha value is -3.42. The number of nitrogens with zero attached hydrogens (tertiary/aromatic N) is 4. The molecule has 2 aliphatic heterocycles. The van der Waals surface area contributed by atoms with Crippen molar-refractivity contribution >= 4 is 51.4 Å². The van der Waals surface area contributed by atoms with E-state index in [1.807, 2.05) is 79.9 Å². The van der Waals surface area contributed by atoms with Gasteiger partial charge in [0.15, 0.2) is 5.84 Å². The average molecular weight is 474 g/mol. The third-order valence-electron chi connectivity index (χ3n) is 5.58. The lowest BCUT2D eigenvalue weighted by Crippen LogP contribution is -2.35. The fraction of sp³-hybridized carbons (Fsp3) is 0.120. The summed E-state index contributed by atoms with van der Waals surface area (Å²) in [4.78, 5) is 17.1. The number of benzene rings is 2. The second-order valence-corrected chi connectivity index (χ2v) is 9.27. The molecule has 8 heteroatoms. The Kier molecular flexibility index (Phi) is 5.31. The van der Waals surface area contributed by atoms with Gasteiger partial charge in [-0.3, -0.25) is 10.2 Å². The van der Waals surface area contributed by atoms with E-state index >= 15 is 0 Å². The highest BCUT2D eigenvalue weighted by Crippen LogP contribution is 2.32. The van der Waals surface area contributed by atoms with Crippen molar-refractivity contribution in [2.45, 2.75) is 20.8 Å². The van der Waals surface area contributed by atoms with Crippen LogP contribution in [0.4, 0.5) is 0 Å². The first-order valence-electron chi connectivity index (χ1n) is 10.3. The molecule has 164 valence electrons. The molecule has 0 saturated carbocycles. The smallest absolute Gasteiger partial charge is 0.283 e. The van der Waals surface area contributed by atoms with Crippen molar-refractivity contribution in [2.24, 2.45) is 10.1 Å². The lowest BCUT2D eigenvalue weighted by atomic mass is 10.1. The molecule has 0 radical (unpaired) electrons. The molecule has 0 atom stereocenters. The van der Waals surface area contributed by atoms with Gasteiger partial charge in [-0.1, -0.05) is 47.5 Å². The molecule has 2 aromatic carbocycles. The largest absolute Gasteiger partial charge is 0.316 e. The van der Waals surface area contributed by atoms with Gasteiger partial charge in [-0.2, -0.15) is 15.1 Å². The molecule has 0 unspecified atom stereocenters. The number of hydrogen-bond acceptors (Lipinski definition) is 4. The number of amidine groups is 2. The minimum Gasteiger partial charge on any atom is -0.316 e. The Morgan fingerprint density at radius 2 is 1.85 bits per heavy atom. The maximum atomic E-state index is 12.9. The van der Waals surface area contributed by atoms with E-state index in [9.17, 15) is 4.79 Å². The average Bonchev–Trinajstić information content (AvgIpc) is 3.32. The number of aliphatic imine (C=N–C) groups is 1. The van der Waals surface area contributed by atoms with E-state index in [4.69, 9.17) is 17.0 Å². The zero-order chi connectivity index (χ0) is 23.3. The van der Waals surface area contributed by atoms with Crippen LogP contribution < -0.4 is 0 Å². The topological polar surface area (TPSA) is 73.8 Å². The molecule has 3 aromatic rings. The quantitative estimate of drug-likeness (QED) is 0.494. The normalized spacial score (nSPS) is 16.8. The lowest BCUT2D eigenvalue weighted by molar-refractivity contribution is -0.114. The second-order valence-electron chi connectivity index (χ2n) is 7.91. The zero-order valence-electron chi connectivity index (χ0n) is 18.3. The summed E-state index contributed by atoms with van der Waals surface area (Å²) in [7, 11) is 0. The van der Waals surface area contributed by atoms with Gasteiger partial charge in [0.25, 0.3) is 5.91 Å². The summed E-state index contributed by atoms with van der Waals surface area (Å²) in [6, 6.07) is 17.6. The third kappa shape index (κ3) is 3.73. The van der Waals surface area contributed by atoms with Crippen LogP contribution in [0.3, 0.4) is 0 Å². The standard InChI is InChI=1S/C25H20ClN5OS/c1-14-7-6-8-17(11-14)24-29-31-22(27)19(23(32)28-25(31)33-24)13-18-12-15(2)30(16(18)3)21-10-5-4-9-20(21)26/h4-13,27H,1-3H3. The van der Waals surface area contributed by atoms with Crippen LogP contribution in [-0.2, 0) is 4.79 Å². The summed E-state index contributed by atoms with van der Waals surface area (Å²) < 4.78 is 2.04. The number of carbonyl (C=O) groups excluding carboxylic acids is 1. The Morgan fingerprint density at radius 3 is 2.61 bits per heavy atom. The summed E-state index contributed by atoms with van der Waals surface area (Å²) in [5.74, 6) is -0.426. The number of amides is 1. The first kappa shape index (κ1) is 21.4. The van der Waals surface area contributed by atoms with Gasteiger partial charge in [0.2, 0.25) is 5.17 Å². The number of rotatable bonds is 3. The van der Waals surface area contributed by atoms with Crippen LogP contribution in [0.2, 0.25) is 5.02 Å². The fourth-order valence-corrected chi connectivity index (χ4v) is 5.09. The van der Waals surface area contributed by atoms with Gasteiger partial charge in [-0.15, -0.1) is 0 Å². The number of para-hydroxylation sites is 1. The Balaban J connectivity index is 1.53. The van der Waals surface area contributed by atoms with Crippen LogP contribution in [-0.4, -0.2) is 31.5 Å². The predicted molar refractivity (Wildman–Crippen MR) is 136 cm³/mol. The summed E-state index contributed by atoms with van der Waals surface area (Å²) >= 11 is 7.72. The lowest BCUT2D eigenvalue weighted by Gasteiger charge is -2.20. The van der Waals surface area contributed by atoms with E-state index in [1.54, 1.807) is 6.08 Å². The van der Waals surface area contributed by atoms with E-state index in [0.29, 0.717) is 15.2 Å². The van der Waals surface area contributed by atoms with E-state index < -0.39 is 5.91 Å². The molecule has 0 aliphatic carbocycles. The SMILES string of the molecule is Cc1cccc(C2=NN3C(=N)C(=Cc4cc(C)n(-c5ccccc5Cl)c4C)C(=O)N=C3S2)c1. The molecule has 1 amide bonds. The fourth-order valence-electron chi connectivity index (χ4n) is 3.98. The highest BCUT2D eigenvalue weighted by molar-refractivity contribution is 8.27. The van der Waals surface area contributed by atoms with Gasteiger partial charge in [0.1, 0.15) is 5.04 Å². The van der Waals surface area contributed by atoms with Gasteiger partial charge in [-0.05, 0) is 68.4 Å². The Morgan fingerprint density at radius 1 is 1.06 bits per heavy atom. The van der Waals surface area contributed by atoms with Crippen LogP contribution in [0.15, 0.2) is 70.3 Å². The van der Waals surface area contributed by atoms with Crippen LogP contribution in [0, 0.1) is 26.2 Å². The van der Waals surface area contributed by atoms with Crippen molar-refractivity contribution in [3.63, 3.8) is 0 Å². The van der Waals surface area contributed by atoms with Gasteiger partial charge in [0.05, 0.1) is 16.3 Å². The Labute approximate surface area is 200 Å². The number of aromatic nitrogens is 1. The number of thioether (sulfide) groups is 1. The molecule has 1 N–H and O–H groups in total. The molecule has 0 spiro atoms. The van der Waals surface area contributed by atoms with Crippen molar-refractivity contribution in [1.29, 1.82) is 5.41 Å². The van der Waals surface area contributed by atoms with Crippen molar-refractivity contribution < 1.29 is 4.79 Å². The number of aryl methyl sites for hydroxylation is 2. The van der Waals surface area contributed by atoms with Crippen molar-refractivity contribution in [3.05, 3.63) is 93.3 Å². The molecule has 3 heterocycles. The molecular formula is C25H20ClN5OS. The molecule has 0 fully saturated rings. The molecule has 33 heavy (non-hydrogen) atoms. The van der Waals surface area contributed by atoms with Crippen LogP contribution >= 0.6 is 23.4 Å². The summed E-state index contributed by atoms with van der Waals surface area (Å²) in [5.41, 5.74) is 5.84. The number of hydrazone groups is 1. The summed E-state index contributed by atoms with van der Waals surface area (Å²) in [6.07, 6.45) is 1.71. The maximum Gasteiger partial charge on any atom is 0.283 e. The number of halogens is 1. The van der Waals surface area contributed by atoms with E-state index in [-0.39, 0.29) is 11.4 Å². The molecule has 1 aromatic heterocycles. The Bertz CT molecular complexity index is 1430. The molecular weight excluding hydrogens is 454 g/mol. The van der Waals surface area contributed by atoms with E-state index in [2.05, 4.69) is 10.1 Å². The number of carbonyl (C=O) groups is 1. The third-order valence-corrected chi connectivity index (χ3v) is 6.86. The van der Waals surface area contributed by atoms with Crippen molar-refractivity contribution in [2.75, 3.05) is 0 Å². The number of nitrogens with one attached hydrogen (secondary N) is 1. The molecule has 0 saturated heterocycles. The molecule has 2 aliphatic rings. The maximum absolute atomic E-state index is 12.9. The minimum absolute atomic E-state index is 0.0164. The van der Waals surface area contributed by atoms with Gasteiger partial charge in [-0.25, -0.2) is 0 Å². The predicted octanol–water partition coefficient (Wildman–Crippen LogP) is 5.72. The summed E-state index contributed by atoms with van der Waals surface area (Å²) in [6.45, 7) is 5.96. The van der Waals surface area contributed by atoms with Crippen molar-refractivity contribution in [3.8, 4) is 5.69 Å². The first-order chi connectivity index (χ1) is 15.8. The van der Waals surface area contributed by atoms with Crippen molar-refractivity contribution in [1.82, 2.24) is 9.58 Å². The monoisotopic (exact) mass is 473 g/mol. The van der Waals surface area contributed by atoms with Gasteiger partial charge in [0, 0.05) is 17.0 Å². The highest BCUT2D eigenvalue weighted by Gasteiger charge is 2.36. The van der Waals surface area contributed by atoms with Crippen LogP contribution in [0.5, 0.6) is 0 Å². The van der Waals surface area contributed by atoms with Gasteiger partial charge >= 0.3 is 0 Å². The van der Waals surface area contributed by atoms with Crippen LogP contribution in [0.25, 0.3) is 11.8 Å². The van der Waals surface area contributed by atoms with Crippen LogP contribution in [0.1, 0.15) is 28.1 Å². The molecule has 5 rings (SSSR count). The molecule has 0 bridgehead atoms. The number of hydrogen-bond donors (Lipinski definition) is 1. The first-order valence-corrected chi connectivity index (χ1v) is 11.5. The highest BCUT2D eigenvalue weighted by atomic mass is 35.5. The summed E-state index contributed by atoms with van der Waals surface area (Å²) in [5, 5.41) is 16.5. The van der Waals surface area contributed by atoms with E-state index in [0.717, 1.165) is 33.8 Å². The van der Waals surface area contributed by atoms with E-state index in [1.165, 1.54) is 16.8 Å². The zero-order valence-corrected chi connectivity index (χ0v) is 19.8.